The van der Waals surface area contributed by atoms with Crippen molar-refractivity contribution in [3.8, 4) is 0 Å². The Morgan fingerprint density at radius 1 is 1.39 bits per heavy atom. The molecular weight excluding hydrogens is 292 g/mol. The van der Waals surface area contributed by atoms with E-state index in [4.69, 9.17) is 0 Å². The highest BCUT2D eigenvalue weighted by Crippen LogP contribution is 2.54. The van der Waals surface area contributed by atoms with Crippen LogP contribution < -0.4 is 5.32 Å². The number of aromatic nitrogens is 2. The third-order valence-corrected chi connectivity index (χ3v) is 5.31. The van der Waals surface area contributed by atoms with Gasteiger partial charge in [-0.2, -0.15) is 5.10 Å². The van der Waals surface area contributed by atoms with Crippen LogP contribution in [0.4, 0.5) is 0 Å². The van der Waals surface area contributed by atoms with Crippen molar-refractivity contribution >= 4 is 11.8 Å². The number of amides is 2. The number of nitrogens with zero attached hydrogens (tertiary/aromatic N) is 3. The van der Waals surface area contributed by atoms with Crippen molar-refractivity contribution in [2.75, 3.05) is 13.1 Å². The summed E-state index contributed by atoms with van der Waals surface area (Å²) in [7, 11) is 0. The van der Waals surface area contributed by atoms with E-state index in [1.165, 1.54) is 0 Å². The summed E-state index contributed by atoms with van der Waals surface area (Å²) in [5.74, 6) is 0.239. The van der Waals surface area contributed by atoms with Gasteiger partial charge in [-0.25, -0.2) is 0 Å². The van der Waals surface area contributed by atoms with E-state index in [0.717, 1.165) is 32.4 Å². The second kappa shape index (κ2) is 5.98. The molecule has 1 aliphatic carbocycles. The molecule has 3 rings (SSSR count). The number of rotatable bonds is 4. The van der Waals surface area contributed by atoms with E-state index in [1.807, 2.05) is 25.7 Å². The summed E-state index contributed by atoms with van der Waals surface area (Å²) in [6.45, 7) is 8.06. The number of hydrogen-bond acceptors (Lipinski definition) is 3. The highest BCUT2D eigenvalue weighted by molar-refractivity contribution is 5.92. The van der Waals surface area contributed by atoms with Crippen LogP contribution >= 0.6 is 0 Å². The third kappa shape index (κ3) is 2.99. The minimum atomic E-state index is 0.0312. The highest BCUT2D eigenvalue weighted by atomic mass is 16.2. The second-order valence-corrected chi connectivity index (χ2v) is 7.11. The SMILES string of the molecule is CCn1nccc1C(=O)N1CCC2(CC1)CC2NC(=O)C(C)C. The minimum absolute atomic E-state index is 0.0312. The Morgan fingerprint density at radius 3 is 2.70 bits per heavy atom. The van der Waals surface area contributed by atoms with E-state index < -0.39 is 0 Å². The molecule has 0 aromatic carbocycles. The summed E-state index contributed by atoms with van der Waals surface area (Å²) in [6.07, 6.45) is 4.69. The maximum atomic E-state index is 12.6. The number of hydrogen-bond donors (Lipinski definition) is 1. The minimum Gasteiger partial charge on any atom is -0.353 e. The van der Waals surface area contributed by atoms with E-state index in [9.17, 15) is 9.59 Å². The number of piperidine rings is 1. The molecule has 1 unspecified atom stereocenters. The van der Waals surface area contributed by atoms with Crippen LogP contribution in [0, 0.1) is 11.3 Å². The molecule has 1 aliphatic heterocycles. The number of aryl methyl sites for hydroxylation is 1. The van der Waals surface area contributed by atoms with Crippen molar-refractivity contribution in [2.45, 2.75) is 52.6 Å². The maximum absolute atomic E-state index is 12.6. The van der Waals surface area contributed by atoms with Gasteiger partial charge in [-0.3, -0.25) is 14.3 Å². The van der Waals surface area contributed by atoms with Gasteiger partial charge in [0.1, 0.15) is 5.69 Å². The van der Waals surface area contributed by atoms with Crippen LogP contribution in [0.25, 0.3) is 0 Å². The van der Waals surface area contributed by atoms with Crippen LogP contribution in [0.5, 0.6) is 0 Å². The van der Waals surface area contributed by atoms with Crippen molar-refractivity contribution in [3.05, 3.63) is 18.0 Å². The van der Waals surface area contributed by atoms with Crippen LogP contribution in [0.3, 0.4) is 0 Å². The lowest BCUT2D eigenvalue weighted by Crippen LogP contribution is -2.42. The van der Waals surface area contributed by atoms with E-state index in [-0.39, 0.29) is 23.1 Å². The lowest BCUT2D eigenvalue weighted by molar-refractivity contribution is -0.124. The van der Waals surface area contributed by atoms with Crippen molar-refractivity contribution in [3.63, 3.8) is 0 Å². The van der Waals surface area contributed by atoms with Gasteiger partial charge in [0.2, 0.25) is 5.91 Å². The lowest BCUT2D eigenvalue weighted by Gasteiger charge is -2.33. The summed E-state index contributed by atoms with van der Waals surface area (Å²) >= 11 is 0. The van der Waals surface area contributed by atoms with Crippen LogP contribution in [0.15, 0.2) is 12.3 Å². The van der Waals surface area contributed by atoms with Gasteiger partial charge in [0, 0.05) is 37.8 Å². The van der Waals surface area contributed by atoms with Gasteiger partial charge in [0.15, 0.2) is 0 Å². The monoisotopic (exact) mass is 318 g/mol. The molecule has 6 heteroatoms. The quantitative estimate of drug-likeness (QED) is 0.918. The first-order valence-electron chi connectivity index (χ1n) is 8.58. The molecule has 1 atom stereocenters. The first kappa shape index (κ1) is 16.0. The predicted octanol–water partition coefficient (Wildman–Crippen LogP) is 1.67. The second-order valence-electron chi connectivity index (χ2n) is 7.11. The molecule has 2 amide bonds. The molecule has 1 saturated carbocycles. The number of carbonyl (C=O) groups is 2. The average molecular weight is 318 g/mol. The Hall–Kier alpha value is -1.85. The Balaban J connectivity index is 1.55. The van der Waals surface area contributed by atoms with E-state index in [0.29, 0.717) is 18.3 Å². The lowest BCUT2D eigenvalue weighted by atomic mass is 9.92. The fraction of sp³-hybridized carbons (Fsp3) is 0.706. The number of nitrogens with one attached hydrogen (secondary N) is 1. The summed E-state index contributed by atoms with van der Waals surface area (Å²) in [5.41, 5.74) is 0.899. The zero-order valence-electron chi connectivity index (χ0n) is 14.2. The van der Waals surface area contributed by atoms with Gasteiger partial charge < -0.3 is 10.2 Å². The summed E-state index contributed by atoms with van der Waals surface area (Å²) in [4.78, 5) is 26.4. The molecule has 2 aliphatic rings. The molecule has 0 bridgehead atoms. The molecule has 0 radical (unpaired) electrons. The van der Waals surface area contributed by atoms with E-state index in [1.54, 1.807) is 16.9 Å². The summed E-state index contributed by atoms with van der Waals surface area (Å²) in [6, 6.07) is 2.09. The topological polar surface area (TPSA) is 67.2 Å². The first-order valence-corrected chi connectivity index (χ1v) is 8.58. The molecule has 2 fully saturated rings. The van der Waals surface area contributed by atoms with Crippen LogP contribution in [-0.2, 0) is 11.3 Å². The van der Waals surface area contributed by atoms with Gasteiger partial charge in [0.25, 0.3) is 5.91 Å². The van der Waals surface area contributed by atoms with Crippen molar-refractivity contribution in [1.29, 1.82) is 0 Å². The molecule has 1 aromatic heterocycles. The van der Waals surface area contributed by atoms with E-state index in [2.05, 4.69) is 10.4 Å². The Morgan fingerprint density at radius 2 is 2.09 bits per heavy atom. The fourth-order valence-electron chi connectivity index (χ4n) is 3.53. The first-order chi connectivity index (χ1) is 11.0. The zero-order chi connectivity index (χ0) is 16.6. The number of carbonyl (C=O) groups excluding carboxylic acids is 2. The average Bonchev–Trinajstić information content (AvgIpc) is 2.99. The molecule has 1 spiro atoms. The normalized spacial score (nSPS) is 22.4. The molecule has 1 saturated heterocycles. The van der Waals surface area contributed by atoms with Crippen LogP contribution in [0.2, 0.25) is 0 Å². The van der Waals surface area contributed by atoms with Crippen molar-refractivity contribution in [1.82, 2.24) is 20.0 Å². The smallest absolute Gasteiger partial charge is 0.272 e. The van der Waals surface area contributed by atoms with Gasteiger partial charge >= 0.3 is 0 Å². The Kier molecular flexibility index (Phi) is 4.17. The van der Waals surface area contributed by atoms with Gasteiger partial charge in [0.05, 0.1) is 0 Å². The third-order valence-electron chi connectivity index (χ3n) is 5.31. The van der Waals surface area contributed by atoms with Gasteiger partial charge in [-0.1, -0.05) is 13.8 Å². The standard InChI is InChI=1S/C17H26N4O2/c1-4-21-13(5-8-18-21)16(23)20-9-6-17(7-10-20)11-14(17)19-15(22)12(2)3/h5,8,12,14H,4,6-7,9-11H2,1-3H3,(H,19,22). The molecule has 1 aromatic rings. The molecule has 1 N–H and O–H groups in total. The molecule has 126 valence electrons. The fourth-order valence-corrected chi connectivity index (χ4v) is 3.53. The predicted molar refractivity (Wildman–Crippen MR) is 86.9 cm³/mol. The van der Waals surface area contributed by atoms with E-state index >= 15 is 0 Å². The largest absolute Gasteiger partial charge is 0.353 e. The van der Waals surface area contributed by atoms with Crippen LogP contribution in [-0.4, -0.2) is 45.6 Å². The molecule has 23 heavy (non-hydrogen) atoms. The van der Waals surface area contributed by atoms with Gasteiger partial charge in [-0.05, 0) is 37.7 Å². The highest BCUT2D eigenvalue weighted by Gasteiger charge is 2.56. The summed E-state index contributed by atoms with van der Waals surface area (Å²) in [5, 5.41) is 7.32. The van der Waals surface area contributed by atoms with Gasteiger partial charge in [-0.15, -0.1) is 0 Å². The Labute approximate surface area is 137 Å². The number of likely N-dealkylation sites (tertiary alicyclic amines) is 1. The van der Waals surface area contributed by atoms with Crippen molar-refractivity contribution < 1.29 is 9.59 Å². The molecule has 6 nitrogen and oxygen atoms in total. The molecular formula is C17H26N4O2. The van der Waals surface area contributed by atoms with Crippen molar-refractivity contribution in [2.24, 2.45) is 11.3 Å². The zero-order valence-corrected chi connectivity index (χ0v) is 14.2. The molecule has 2 heterocycles. The Bertz CT molecular complexity index is 599. The summed E-state index contributed by atoms with van der Waals surface area (Å²) < 4.78 is 1.75. The maximum Gasteiger partial charge on any atom is 0.272 e. The van der Waals surface area contributed by atoms with Crippen LogP contribution in [0.1, 0.15) is 50.5 Å².